The van der Waals surface area contributed by atoms with Crippen molar-refractivity contribution in [3.05, 3.63) is 0 Å². The maximum Gasteiger partial charge on any atom is 0.115 e. The van der Waals surface area contributed by atoms with Gasteiger partial charge < -0.3 is 4.74 Å². The molecule has 2 nitrogen and oxygen atoms in total. The number of fused-ring (bicyclic) bond motifs is 1. The standard InChI is InChI=1S/C15H26FNO/c1-14(2,3)15-7-6-12(10-18-13-4-5-13)17(15)9-11(16)8-15/h11-13H,4-10H2,1-3H3. The fourth-order valence-electron chi connectivity index (χ4n) is 4.01. The van der Waals surface area contributed by atoms with E-state index in [4.69, 9.17) is 4.74 Å². The van der Waals surface area contributed by atoms with Gasteiger partial charge in [0.25, 0.3) is 0 Å². The molecule has 0 amide bonds. The molecule has 1 saturated carbocycles. The molecular weight excluding hydrogens is 229 g/mol. The Morgan fingerprint density at radius 3 is 2.61 bits per heavy atom. The van der Waals surface area contributed by atoms with E-state index in [1.807, 2.05) is 0 Å². The van der Waals surface area contributed by atoms with Crippen LogP contribution < -0.4 is 0 Å². The summed E-state index contributed by atoms with van der Waals surface area (Å²) in [4.78, 5) is 2.44. The number of hydrogen-bond donors (Lipinski definition) is 0. The lowest BCUT2D eigenvalue weighted by Gasteiger charge is -2.45. The van der Waals surface area contributed by atoms with E-state index in [1.165, 1.54) is 19.3 Å². The monoisotopic (exact) mass is 255 g/mol. The maximum absolute atomic E-state index is 13.9. The van der Waals surface area contributed by atoms with Gasteiger partial charge in [-0.3, -0.25) is 4.90 Å². The number of halogens is 1. The van der Waals surface area contributed by atoms with Crippen molar-refractivity contribution in [1.82, 2.24) is 4.90 Å². The van der Waals surface area contributed by atoms with Crippen LogP contribution in [0, 0.1) is 5.41 Å². The van der Waals surface area contributed by atoms with E-state index >= 15 is 0 Å². The van der Waals surface area contributed by atoms with Crippen molar-refractivity contribution in [3.8, 4) is 0 Å². The lowest BCUT2D eigenvalue weighted by atomic mass is 9.71. The van der Waals surface area contributed by atoms with E-state index in [0.717, 1.165) is 19.4 Å². The Hall–Kier alpha value is -0.150. The first kappa shape index (κ1) is 12.9. The van der Waals surface area contributed by atoms with E-state index in [9.17, 15) is 4.39 Å². The summed E-state index contributed by atoms with van der Waals surface area (Å²) in [5, 5.41) is 0. The van der Waals surface area contributed by atoms with E-state index in [0.29, 0.717) is 18.7 Å². The Kier molecular flexibility index (Phi) is 2.98. The van der Waals surface area contributed by atoms with Crippen molar-refractivity contribution in [1.29, 1.82) is 0 Å². The minimum atomic E-state index is -0.645. The molecule has 2 saturated heterocycles. The number of rotatable bonds is 3. The van der Waals surface area contributed by atoms with Gasteiger partial charge in [0.15, 0.2) is 0 Å². The quantitative estimate of drug-likeness (QED) is 0.768. The summed E-state index contributed by atoms with van der Waals surface area (Å²) in [6, 6.07) is 0.450. The zero-order valence-corrected chi connectivity index (χ0v) is 11.9. The van der Waals surface area contributed by atoms with Crippen LogP contribution in [0.25, 0.3) is 0 Å². The number of hydrogen-bond acceptors (Lipinski definition) is 2. The summed E-state index contributed by atoms with van der Waals surface area (Å²) in [7, 11) is 0. The smallest absolute Gasteiger partial charge is 0.115 e. The molecule has 1 aliphatic carbocycles. The van der Waals surface area contributed by atoms with Gasteiger partial charge in [-0.1, -0.05) is 20.8 Å². The van der Waals surface area contributed by atoms with Crippen LogP contribution in [0.1, 0.15) is 52.9 Å². The first-order chi connectivity index (χ1) is 8.42. The maximum atomic E-state index is 13.9. The molecule has 3 unspecified atom stereocenters. The van der Waals surface area contributed by atoms with E-state index in [-0.39, 0.29) is 11.0 Å². The third-order valence-corrected chi connectivity index (χ3v) is 5.28. The zero-order chi connectivity index (χ0) is 13.0. The molecule has 0 N–H and O–H groups in total. The van der Waals surface area contributed by atoms with Crippen molar-refractivity contribution < 1.29 is 9.13 Å². The third-order valence-electron chi connectivity index (χ3n) is 5.28. The Morgan fingerprint density at radius 1 is 1.28 bits per heavy atom. The summed E-state index contributed by atoms with van der Waals surface area (Å²) in [6.07, 6.45) is 5.35. The van der Waals surface area contributed by atoms with Gasteiger partial charge in [-0.2, -0.15) is 0 Å². The predicted octanol–water partition coefficient (Wildman–Crippen LogP) is 3.16. The van der Waals surface area contributed by atoms with Crippen LogP contribution in [0.15, 0.2) is 0 Å². The first-order valence-electron chi connectivity index (χ1n) is 7.45. The normalized spacial score (nSPS) is 41.3. The molecule has 2 heterocycles. The molecule has 3 fully saturated rings. The Bertz CT molecular complexity index is 323. The van der Waals surface area contributed by atoms with E-state index in [1.54, 1.807) is 0 Å². The van der Waals surface area contributed by atoms with Gasteiger partial charge in [-0.15, -0.1) is 0 Å². The number of ether oxygens (including phenoxy) is 1. The molecule has 0 spiro atoms. The lowest BCUT2D eigenvalue weighted by Crippen LogP contribution is -2.52. The highest BCUT2D eigenvalue weighted by atomic mass is 19.1. The summed E-state index contributed by atoms with van der Waals surface area (Å²) >= 11 is 0. The fourth-order valence-corrected chi connectivity index (χ4v) is 4.01. The molecule has 3 heteroatoms. The molecule has 3 aliphatic rings. The molecule has 0 aromatic heterocycles. The van der Waals surface area contributed by atoms with Gasteiger partial charge in [-0.05, 0) is 37.5 Å². The topological polar surface area (TPSA) is 12.5 Å². The van der Waals surface area contributed by atoms with Crippen molar-refractivity contribution in [2.45, 2.75) is 76.7 Å². The van der Waals surface area contributed by atoms with Gasteiger partial charge in [-0.25, -0.2) is 4.39 Å². The van der Waals surface area contributed by atoms with Crippen LogP contribution in [0.2, 0.25) is 0 Å². The van der Waals surface area contributed by atoms with Crippen molar-refractivity contribution >= 4 is 0 Å². The van der Waals surface area contributed by atoms with Gasteiger partial charge >= 0.3 is 0 Å². The minimum absolute atomic E-state index is 0.0734. The van der Waals surface area contributed by atoms with Gasteiger partial charge in [0, 0.05) is 18.1 Å². The second-order valence-corrected chi connectivity index (χ2v) is 7.46. The number of alkyl halides is 1. The molecule has 2 aliphatic heterocycles. The van der Waals surface area contributed by atoms with Crippen molar-refractivity contribution in [2.75, 3.05) is 13.2 Å². The van der Waals surface area contributed by atoms with Crippen molar-refractivity contribution in [2.24, 2.45) is 5.41 Å². The highest BCUT2D eigenvalue weighted by Crippen LogP contribution is 2.53. The highest BCUT2D eigenvalue weighted by Gasteiger charge is 2.58. The Morgan fingerprint density at radius 2 is 2.00 bits per heavy atom. The molecule has 0 radical (unpaired) electrons. The fraction of sp³-hybridized carbons (Fsp3) is 1.00. The largest absolute Gasteiger partial charge is 0.377 e. The summed E-state index contributed by atoms with van der Waals surface area (Å²) in [5.41, 5.74) is 0.228. The van der Waals surface area contributed by atoms with E-state index in [2.05, 4.69) is 25.7 Å². The third kappa shape index (κ3) is 2.00. The van der Waals surface area contributed by atoms with Crippen LogP contribution in [-0.4, -0.2) is 41.9 Å². The lowest BCUT2D eigenvalue weighted by molar-refractivity contribution is 0.00630. The number of nitrogens with zero attached hydrogens (tertiary/aromatic N) is 1. The second-order valence-electron chi connectivity index (χ2n) is 7.46. The molecular formula is C15H26FNO. The molecule has 0 aromatic carbocycles. The average Bonchev–Trinajstić information content (AvgIpc) is 2.92. The minimum Gasteiger partial charge on any atom is -0.377 e. The molecule has 3 atom stereocenters. The van der Waals surface area contributed by atoms with E-state index < -0.39 is 6.17 Å². The van der Waals surface area contributed by atoms with Crippen LogP contribution in [0.3, 0.4) is 0 Å². The SMILES string of the molecule is CC(C)(C)C12CCC(COC3CC3)N1CC(F)C2. The van der Waals surface area contributed by atoms with Crippen LogP contribution in [-0.2, 0) is 4.74 Å². The summed E-state index contributed by atoms with van der Waals surface area (Å²) in [6.45, 7) is 8.23. The summed E-state index contributed by atoms with van der Waals surface area (Å²) < 4.78 is 19.8. The average molecular weight is 255 g/mol. The van der Waals surface area contributed by atoms with Gasteiger partial charge in [0.2, 0.25) is 0 Å². The molecule has 0 bridgehead atoms. The molecule has 0 aromatic rings. The van der Waals surface area contributed by atoms with Crippen LogP contribution in [0.4, 0.5) is 4.39 Å². The second kappa shape index (κ2) is 4.17. The predicted molar refractivity (Wildman–Crippen MR) is 70.4 cm³/mol. The van der Waals surface area contributed by atoms with Crippen LogP contribution in [0.5, 0.6) is 0 Å². The Labute approximate surface area is 110 Å². The molecule has 18 heavy (non-hydrogen) atoms. The van der Waals surface area contributed by atoms with Gasteiger partial charge in [0.05, 0.1) is 12.7 Å². The highest BCUT2D eigenvalue weighted by molar-refractivity contribution is 5.12. The molecule has 104 valence electrons. The summed E-state index contributed by atoms with van der Waals surface area (Å²) in [5.74, 6) is 0. The van der Waals surface area contributed by atoms with Crippen molar-refractivity contribution in [3.63, 3.8) is 0 Å². The Balaban J connectivity index is 1.73. The van der Waals surface area contributed by atoms with Crippen LogP contribution >= 0.6 is 0 Å². The zero-order valence-electron chi connectivity index (χ0n) is 11.9. The first-order valence-corrected chi connectivity index (χ1v) is 7.45. The van der Waals surface area contributed by atoms with Gasteiger partial charge in [0.1, 0.15) is 6.17 Å². The molecule has 3 rings (SSSR count).